The van der Waals surface area contributed by atoms with Crippen LogP contribution >= 0.6 is 0 Å². The van der Waals surface area contributed by atoms with E-state index in [1.165, 1.54) is 19.3 Å². The molecule has 2 heterocycles. The van der Waals surface area contributed by atoms with Crippen molar-refractivity contribution in [1.82, 2.24) is 4.90 Å². The van der Waals surface area contributed by atoms with Gasteiger partial charge in [-0.3, -0.25) is 0 Å². The zero-order chi connectivity index (χ0) is 13.7. The lowest BCUT2D eigenvalue weighted by molar-refractivity contribution is 0.340. The molecule has 2 rings (SSSR count). The van der Waals surface area contributed by atoms with Crippen LogP contribution in [0.15, 0.2) is 46.4 Å². The standard InChI is InChI=1S/C16H23N3/c1-4-6-14(5-2)12-19-10-8-15(11-13(19)3)16-7-9-17-18-16/h8-11,14H,3-7,12H2,1-2H3. The van der Waals surface area contributed by atoms with Crippen LogP contribution in [-0.4, -0.2) is 23.4 Å². The van der Waals surface area contributed by atoms with Gasteiger partial charge in [0.05, 0.1) is 5.71 Å². The molecule has 19 heavy (non-hydrogen) atoms. The summed E-state index contributed by atoms with van der Waals surface area (Å²) in [6, 6.07) is 0. The topological polar surface area (TPSA) is 28.0 Å². The summed E-state index contributed by atoms with van der Waals surface area (Å²) >= 11 is 0. The highest BCUT2D eigenvalue weighted by atomic mass is 15.2. The molecular weight excluding hydrogens is 234 g/mol. The minimum Gasteiger partial charge on any atom is -0.348 e. The molecule has 2 aliphatic rings. The van der Waals surface area contributed by atoms with E-state index in [0.717, 1.165) is 35.9 Å². The van der Waals surface area contributed by atoms with E-state index in [0.29, 0.717) is 0 Å². The highest BCUT2D eigenvalue weighted by molar-refractivity contribution is 6.11. The normalized spacial score (nSPS) is 19.7. The van der Waals surface area contributed by atoms with E-state index < -0.39 is 0 Å². The lowest BCUT2D eigenvalue weighted by Crippen LogP contribution is -2.25. The summed E-state index contributed by atoms with van der Waals surface area (Å²) in [6.07, 6.45) is 12.8. The Kier molecular flexibility index (Phi) is 4.72. The summed E-state index contributed by atoms with van der Waals surface area (Å²) in [5, 5.41) is 8.05. The number of allylic oxidation sites excluding steroid dienone is 3. The smallest absolute Gasteiger partial charge is 0.0757 e. The highest BCUT2D eigenvalue weighted by Crippen LogP contribution is 2.22. The average Bonchev–Trinajstić information content (AvgIpc) is 2.94. The van der Waals surface area contributed by atoms with E-state index in [1.807, 2.05) is 6.21 Å². The fourth-order valence-corrected chi connectivity index (χ4v) is 2.50. The molecule has 102 valence electrons. The fraction of sp³-hybridized carbons (Fsp3) is 0.500. The first-order chi connectivity index (χ1) is 9.24. The first-order valence-electron chi connectivity index (χ1n) is 7.18. The Balaban J connectivity index is 1.97. The van der Waals surface area contributed by atoms with Crippen LogP contribution < -0.4 is 0 Å². The van der Waals surface area contributed by atoms with Crippen LogP contribution in [0.1, 0.15) is 39.5 Å². The maximum Gasteiger partial charge on any atom is 0.0757 e. The summed E-state index contributed by atoms with van der Waals surface area (Å²) in [6.45, 7) is 9.75. The minimum absolute atomic E-state index is 0.744. The van der Waals surface area contributed by atoms with Gasteiger partial charge in [0.25, 0.3) is 0 Å². The van der Waals surface area contributed by atoms with Crippen LogP contribution in [0.4, 0.5) is 0 Å². The summed E-state index contributed by atoms with van der Waals surface area (Å²) in [4.78, 5) is 2.25. The predicted molar refractivity (Wildman–Crippen MR) is 82.3 cm³/mol. The van der Waals surface area contributed by atoms with E-state index in [4.69, 9.17) is 0 Å². The second-order valence-electron chi connectivity index (χ2n) is 5.17. The molecule has 0 radical (unpaired) electrons. The zero-order valence-electron chi connectivity index (χ0n) is 12.0. The molecule has 3 nitrogen and oxygen atoms in total. The van der Waals surface area contributed by atoms with Crippen molar-refractivity contribution in [3.05, 3.63) is 36.2 Å². The summed E-state index contributed by atoms with van der Waals surface area (Å²) < 4.78 is 0. The van der Waals surface area contributed by atoms with Gasteiger partial charge in [-0.05, 0) is 24.5 Å². The molecule has 0 saturated heterocycles. The SMILES string of the molecule is C=C1C=C(C2=NN=CC2)C=CN1CC(CC)CCC. The molecular formula is C16H23N3. The van der Waals surface area contributed by atoms with Gasteiger partial charge in [-0.15, -0.1) is 0 Å². The van der Waals surface area contributed by atoms with Crippen LogP contribution in [0.5, 0.6) is 0 Å². The molecule has 0 spiro atoms. The molecule has 0 bridgehead atoms. The molecule has 0 aromatic heterocycles. The molecule has 0 aliphatic carbocycles. The van der Waals surface area contributed by atoms with Gasteiger partial charge >= 0.3 is 0 Å². The van der Waals surface area contributed by atoms with Gasteiger partial charge in [0, 0.05) is 36.7 Å². The van der Waals surface area contributed by atoms with Crippen LogP contribution in [0.2, 0.25) is 0 Å². The molecule has 1 unspecified atom stereocenters. The van der Waals surface area contributed by atoms with Gasteiger partial charge in [-0.2, -0.15) is 10.2 Å². The fourth-order valence-electron chi connectivity index (χ4n) is 2.50. The largest absolute Gasteiger partial charge is 0.348 e. The number of hydrogen-bond donors (Lipinski definition) is 0. The lowest BCUT2D eigenvalue weighted by Gasteiger charge is -2.28. The van der Waals surface area contributed by atoms with Crippen molar-refractivity contribution in [3.8, 4) is 0 Å². The summed E-state index contributed by atoms with van der Waals surface area (Å²) in [7, 11) is 0. The third-order valence-corrected chi connectivity index (χ3v) is 3.73. The third kappa shape index (κ3) is 3.43. The molecule has 0 aromatic carbocycles. The number of hydrogen-bond acceptors (Lipinski definition) is 3. The van der Waals surface area contributed by atoms with Crippen molar-refractivity contribution in [2.75, 3.05) is 6.54 Å². The summed E-state index contributed by atoms with van der Waals surface area (Å²) in [5.41, 5.74) is 3.24. The Labute approximate surface area is 116 Å². The maximum absolute atomic E-state index is 4.17. The molecule has 1 atom stereocenters. The molecule has 0 amide bonds. The van der Waals surface area contributed by atoms with Gasteiger partial charge in [0.1, 0.15) is 0 Å². The zero-order valence-corrected chi connectivity index (χ0v) is 12.0. The minimum atomic E-state index is 0.744. The third-order valence-electron chi connectivity index (χ3n) is 3.73. The van der Waals surface area contributed by atoms with Crippen molar-refractivity contribution in [3.63, 3.8) is 0 Å². The molecule has 2 aliphatic heterocycles. The second-order valence-corrected chi connectivity index (χ2v) is 5.17. The van der Waals surface area contributed by atoms with Gasteiger partial charge in [-0.1, -0.05) is 33.3 Å². The maximum atomic E-state index is 4.17. The molecule has 3 heteroatoms. The van der Waals surface area contributed by atoms with E-state index in [-0.39, 0.29) is 0 Å². The van der Waals surface area contributed by atoms with E-state index in [1.54, 1.807) is 0 Å². The van der Waals surface area contributed by atoms with Crippen molar-refractivity contribution in [2.24, 2.45) is 16.1 Å². The summed E-state index contributed by atoms with van der Waals surface area (Å²) in [5.74, 6) is 0.744. The first kappa shape index (κ1) is 13.8. The Morgan fingerprint density at radius 3 is 2.84 bits per heavy atom. The number of rotatable bonds is 6. The molecule has 0 saturated carbocycles. The van der Waals surface area contributed by atoms with Crippen LogP contribution in [0, 0.1) is 5.92 Å². The van der Waals surface area contributed by atoms with Crippen LogP contribution in [0.25, 0.3) is 0 Å². The monoisotopic (exact) mass is 257 g/mol. The lowest BCUT2D eigenvalue weighted by atomic mass is 9.98. The Morgan fingerprint density at radius 2 is 2.26 bits per heavy atom. The van der Waals surface area contributed by atoms with Gasteiger partial charge in [0.2, 0.25) is 0 Å². The molecule has 0 fully saturated rings. The number of nitrogens with zero attached hydrogens (tertiary/aromatic N) is 3. The van der Waals surface area contributed by atoms with Crippen LogP contribution in [0.3, 0.4) is 0 Å². The van der Waals surface area contributed by atoms with Gasteiger partial charge in [-0.25, -0.2) is 0 Å². The van der Waals surface area contributed by atoms with Crippen molar-refractivity contribution in [2.45, 2.75) is 39.5 Å². The van der Waals surface area contributed by atoms with Crippen molar-refractivity contribution < 1.29 is 0 Å². The van der Waals surface area contributed by atoms with E-state index >= 15 is 0 Å². The molecule has 0 aromatic rings. The van der Waals surface area contributed by atoms with E-state index in [2.05, 4.69) is 53.9 Å². The Hall–Kier alpha value is -1.64. The highest BCUT2D eigenvalue weighted by Gasteiger charge is 2.16. The van der Waals surface area contributed by atoms with E-state index in [9.17, 15) is 0 Å². The van der Waals surface area contributed by atoms with Crippen molar-refractivity contribution in [1.29, 1.82) is 0 Å². The predicted octanol–water partition coefficient (Wildman–Crippen LogP) is 3.91. The average molecular weight is 257 g/mol. The van der Waals surface area contributed by atoms with Crippen LogP contribution in [-0.2, 0) is 0 Å². The Morgan fingerprint density at radius 1 is 1.42 bits per heavy atom. The second kappa shape index (κ2) is 6.50. The first-order valence-corrected chi connectivity index (χ1v) is 7.18. The van der Waals surface area contributed by atoms with Crippen molar-refractivity contribution >= 4 is 11.9 Å². The van der Waals surface area contributed by atoms with Gasteiger partial charge < -0.3 is 4.90 Å². The molecule has 0 N–H and O–H groups in total. The Bertz CT molecular complexity index is 455. The quantitative estimate of drug-likeness (QED) is 0.709. The van der Waals surface area contributed by atoms with Gasteiger partial charge in [0.15, 0.2) is 0 Å².